The molecule has 0 aliphatic carbocycles. The van der Waals surface area contributed by atoms with Crippen molar-refractivity contribution in [3.63, 3.8) is 0 Å². The fraction of sp³-hybridized carbons (Fsp3) is 0.588. The Morgan fingerprint density at radius 3 is 2.00 bits per heavy atom. The van der Waals surface area contributed by atoms with Crippen LogP contribution < -0.4 is 0 Å². The maximum atomic E-state index is 10.3. The van der Waals surface area contributed by atoms with E-state index in [1.54, 1.807) is 0 Å². The molecule has 1 aromatic carbocycles. The Bertz CT molecular complexity index is 433. The second-order valence-corrected chi connectivity index (χ2v) is 6.29. The van der Waals surface area contributed by atoms with E-state index in [1.807, 2.05) is 18.2 Å². The van der Waals surface area contributed by atoms with Crippen LogP contribution in [-0.2, 0) is 11.2 Å². The number of hydrogen-bond donors (Lipinski definition) is 1. The zero-order valence-electron chi connectivity index (χ0n) is 12.4. The lowest BCUT2D eigenvalue weighted by atomic mass is 10.0. The molecule has 0 unspecified atom stereocenters. The normalized spacial score (nSPS) is 10.8. The SMILES string of the molecule is O=C(O)CCCCCCCCCCc1ccc(Cl)c(Cl)c1. The van der Waals surface area contributed by atoms with Gasteiger partial charge in [-0.05, 0) is 37.0 Å². The van der Waals surface area contributed by atoms with E-state index in [0.717, 1.165) is 25.7 Å². The van der Waals surface area contributed by atoms with Crippen molar-refractivity contribution in [1.29, 1.82) is 0 Å². The summed E-state index contributed by atoms with van der Waals surface area (Å²) in [5.41, 5.74) is 1.25. The Balaban J connectivity index is 1.95. The van der Waals surface area contributed by atoms with Crippen molar-refractivity contribution in [3.8, 4) is 0 Å². The number of carbonyl (C=O) groups is 1. The van der Waals surface area contributed by atoms with Crippen LogP contribution in [0.25, 0.3) is 0 Å². The summed E-state index contributed by atoms with van der Waals surface area (Å²) in [5, 5.41) is 9.77. The van der Waals surface area contributed by atoms with Gasteiger partial charge in [0.1, 0.15) is 0 Å². The van der Waals surface area contributed by atoms with Gasteiger partial charge in [-0.2, -0.15) is 0 Å². The predicted octanol–water partition coefficient (Wildman–Crippen LogP) is 6.13. The zero-order chi connectivity index (χ0) is 15.5. The van der Waals surface area contributed by atoms with Crippen LogP contribution in [-0.4, -0.2) is 11.1 Å². The van der Waals surface area contributed by atoms with Gasteiger partial charge in [0.15, 0.2) is 0 Å². The topological polar surface area (TPSA) is 37.3 Å². The summed E-state index contributed by atoms with van der Waals surface area (Å²) in [5.74, 6) is -0.683. The molecule has 1 N–H and O–H groups in total. The van der Waals surface area contributed by atoms with Gasteiger partial charge < -0.3 is 5.11 Å². The van der Waals surface area contributed by atoms with Gasteiger partial charge in [-0.15, -0.1) is 0 Å². The summed E-state index contributed by atoms with van der Waals surface area (Å²) in [6.07, 6.45) is 10.5. The van der Waals surface area contributed by atoms with Crippen molar-refractivity contribution in [2.24, 2.45) is 0 Å². The van der Waals surface area contributed by atoms with E-state index in [1.165, 1.54) is 37.7 Å². The Morgan fingerprint density at radius 2 is 1.43 bits per heavy atom. The molecule has 0 spiro atoms. The average molecular weight is 331 g/mol. The van der Waals surface area contributed by atoms with Crippen LogP contribution >= 0.6 is 23.2 Å². The third-order valence-electron chi connectivity index (χ3n) is 3.59. The summed E-state index contributed by atoms with van der Waals surface area (Å²) in [6, 6.07) is 5.85. The molecule has 0 aliphatic rings. The summed E-state index contributed by atoms with van der Waals surface area (Å²) in [6.45, 7) is 0. The molecule has 1 rings (SSSR count). The molecule has 0 aliphatic heterocycles. The quantitative estimate of drug-likeness (QED) is 0.495. The molecule has 0 heterocycles. The molecular weight excluding hydrogens is 307 g/mol. The highest BCUT2D eigenvalue weighted by atomic mass is 35.5. The van der Waals surface area contributed by atoms with Gasteiger partial charge in [0, 0.05) is 6.42 Å². The molecule has 21 heavy (non-hydrogen) atoms. The van der Waals surface area contributed by atoms with Crippen molar-refractivity contribution in [1.82, 2.24) is 0 Å². The first-order chi connectivity index (χ1) is 10.1. The zero-order valence-corrected chi connectivity index (χ0v) is 13.9. The highest BCUT2D eigenvalue weighted by Gasteiger charge is 2.00. The van der Waals surface area contributed by atoms with E-state index in [4.69, 9.17) is 28.3 Å². The fourth-order valence-electron chi connectivity index (χ4n) is 2.36. The third kappa shape index (κ3) is 9.00. The van der Waals surface area contributed by atoms with Crippen LogP contribution in [0.2, 0.25) is 10.0 Å². The molecule has 0 atom stereocenters. The molecule has 0 aromatic heterocycles. The fourth-order valence-corrected chi connectivity index (χ4v) is 2.68. The monoisotopic (exact) mass is 330 g/mol. The Kier molecular flexibility index (Phi) is 9.53. The molecule has 2 nitrogen and oxygen atoms in total. The molecule has 0 amide bonds. The van der Waals surface area contributed by atoms with Crippen molar-refractivity contribution >= 4 is 29.2 Å². The first kappa shape index (κ1) is 18.3. The van der Waals surface area contributed by atoms with E-state index in [-0.39, 0.29) is 0 Å². The van der Waals surface area contributed by atoms with Gasteiger partial charge >= 0.3 is 5.97 Å². The first-order valence-electron chi connectivity index (χ1n) is 7.75. The molecule has 0 saturated carbocycles. The van der Waals surface area contributed by atoms with E-state index < -0.39 is 5.97 Å². The average Bonchev–Trinajstić information content (AvgIpc) is 2.44. The summed E-state index contributed by atoms with van der Waals surface area (Å²) < 4.78 is 0. The molecule has 0 radical (unpaired) electrons. The Labute approximate surface area is 137 Å². The maximum Gasteiger partial charge on any atom is 0.303 e. The lowest BCUT2D eigenvalue weighted by Gasteiger charge is -2.04. The maximum absolute atomic E-state index is 10.3. The van der Waals surface area contributed by atoms with Crippen LogP contribution in [0.1, 0.15) is 63.4 Å². The highest BCUT2D eigenvalue weighted by Crippen LogP contribution is 2.23. The third-order valence-corrected chi connectivity index (χ3v) is 4.33. The van der Waals surface area contributed by atoms with Crippen LogP contribution in [0, 0.1) is 0 Å². The highest BCUT2D eigenvalue weighted by molar-refractivity contribution is 6.42. The summed E-state index contributed by atoms with van der Waals surface area (Å²) in [4.78, 5) is 10.3. The molecule has 4 heteroatoms. The number of aliphatic carboxylic acids is 1. The number of rotatable bonds is 11. The van der Waals surface area contributed by atoms with Crippen LogP contribution in [0.3, 0.4) is 0 Å². The van der Waals surface area contributed by atoms with Crippen molar-refractivity contribution in [2.45, 2.75) is 64.2 Å². The number of hydrogen-bond acceptors (Lipinski definition) is 1. The van der Waals surface area contributed by atoms with E-state index >= 15 is 0 Å². The molecule has 0 bridgehead atoms. The number of halogens is 2. The Hall–Kier alpha value is -0.730. The Morgan fingerprint density at radius 1 is 0.857 bits per heavy atom. The minimum absolute atomic E-state index is 0.309. The number of carboxylic acid groups (broad SMARTS) is 1. The lowest BCUT2D eigenvalue weighted by Crippen LogP contribution is -1.93. The van der Waals surface area contributed by atoms with Crippen molar-refractivity contribution < 1.29 is 9.90 Å². The molecule has 0 fully saturated rings. The van der Waals surface area contributed by atoms with Gasteiger partial charge in [0.25, 0.3) is 0 Å². The van der Waals surface area contributed by atoms with E-state index in [2.05, 4.69) is 0 Å². The summed E-state index contributed by atoms with van der Waals surface area (Å²) in [7, 11) is 0. The predicted molar refractivity (Wildman–Crippen MR) is 89.4 cm³/mol. The van der Waals surface area contributed by atoms with Gasteiger partial charge in [0.2, 0.25) is 0 Å². The minimum atomic E-state index is -0.683. The molecular formula is C17H24Cl2O2. The van der Waals surface area contributed by atoms with Gasteiger partial charge in [-0.25, -0.2) is 0 Å². The van der Waals surface area contributed by atoms with Gasteiger partial charge in [-0.3, -0.25) is 4.79 Å². The van der Waals surface area contributed by atoms with Crippen molar-refractivity contribution in [3.05, 3.63) is 33.8 Å². The number of aryl methyl sites for hydroxylation is 1. The molecule has 1 aromatic rings. The second kappa shape index (κ2) is 10.9. The second-order valence-electron chi connectivity index (χ2n) is 5.47. The first-order valence-corrected chi connectivity index (χ1v) is 8.51. The minimum Gasteiger partial charge on any atom is -0.481 e. The standard InChI is InChI=1S/C17H24Cl2O2/c18-15-12-11-14(13-16(15)19)9-7-5-3-1-2-4-6-8-10-17(20)21/h11-13H,1-10H2,(H,20,21). The van der Waals surface area contributed by atoms with E-state index in [9.17, 15) is 4.79 Å². The van der Waals surface area contributed by atoms with E-state index in [0.29, 0.717) is 16.5 Å². The van der Waals surface area contributed by atoms with Crippen LogP contribution in [0.5, 0.6) is 0 Å². The van der Waals surface area contributed by atoms with Gasteiger partial charge in [0.05, 0.1) is 10.0 Å². The summed E-state index contributed by atoms with van der Waals surface area (Å²) >= 11 is 11.9. The van der Waals surface area contributed by atoms with Crippen LogP contribution in [0.4, 0.5) is 0 Å². The smallest absolute Gasteiger partial charge is 0.303 e. The van der Waals surface area contributed by atoms with Gasteiger partial charge in [-0.1, -0.05) is 67.8 Å². The van der Waals surface area contributed by atoms with Crippen molar-refractivity contribution in [2.75, 3.05) is 0 Å². The number of carboxylic acids is 1. The largest absolute Gasteiger partial charge is 0.481 e. The lowest BCUT2D eigenvalue weighted by molar-refractivity contribution is -0.137. The number of unbranched alkanes of at least 4 members (excludes halogenated alkanes) is 7. The molecule has 118 valence electrons. The van der Waals surface area contributed by atoms with Crippen LogP contribution in [0.15, 0.2) is 18.2 Å². The molecule has 0 saturated heterocycles. The number of benzene rings is 1.